The van der Waals surface area contributed by atoms with Gasteiger partial charge in [-0.3, -0.25) is 4.68 Å². The number of aryl methyl sites for hydroxylation is 2. The van der Waals surface area contributed by atoms with Crippen LogP contribution in [-0.4, -0.2) is 40.0 Å². The molecule has 0 unspecified atom stereocenters. The van der Waals surface area contributed by atoms with Crippen molar-refractivity contribution >= 4 is 16.9 Å². The minimum Gasteiger partial charge on any atom is -0.385 e. The summed E-state index contributed by atoms with van der Waals surface area (Å²) < 4.78 is 6.81. The lowest BCUT2D eigenvalue weighted by atomic mass is 10.3. The van der Waals surface area contributed by atoms with Crippen LogP contribution in [0, 0.1) is 6.92 Å². The molecule has 0 aliphatic carbocycles. The van der Waals surface area contributed by atoms with Crippen LogP contribution in [0.5, 0.6) is 0 Å². The zero-order valence-electron chi connectivity index (χ0n) is 10.4. The molecule has 17 heavy (non-hydrogen) atoms. The number of ether oxygens (including phenoxy) is 1. The Balaban J connectivity index is 2.22. The minimum absolute atomic E-state index is 0.742. The third-order valence-electron chi connectivity index (χ3n) is 2.61. The molecule has 2 aromatic heterocycles. The Morgan fingerprint density at radius 1 is 1.41 bits per heavy atom. The SMILES string of the molecule is COCCCNc1ncnc2c(C)nn(C)c12. The minimum atomic E-state index is 0.742. The zero-order chi connectivity index (χ0) is 12.3. The molecule has 0 fully saturated rings. The van der Waals surface area contributed by atoms with Gasteiger partial charge in [0.05, 0.1) is 5.69 Å². The van der Waals surface area contributed by atoms with E-state index in [2.05, 4.69) is 20.4 Å². The van der Waals surface area contributed by atoms with Gasteiger partial charge in [-0.2, -0.15) is 5.10 Å². The van der Waals surface area contributed by atoms with Gasteiger partial charge in [0.15, 0.2) is 5.82 Å². The molecule has 0 atom stereocenters. The Kier molecular flexibility index (Phi) is 3.53. The number of methoxy groups -OCH3 is 1. The van der Waals surface area contributed by atoms with Gasteiger partial charge in [0.25, 0.3) is 0 Å². The molecule has 0 aromatic carbocycles. The highest BCUT2D eigenvalue weighted by atomic mass is 16.5. The molecule has 1 N–H and O–H groups in total. The molecule has 2 rings (SSSR count). The first-order chi connectivity index (χ1) is 8.24. The van der Waals surface area contributed by atoms with E-state index in [1.807, 2.05) is 18.7 Å². The van der Waals surface area contributed by atoms with E-state index >= 15 is 0 Å². The normalized spacial score (nSPS) is 11.0. The summed E-state index contributed by atoms with van der Waals surface area (Å²) in [6, 6.07) is 0. The molecule has 2 aromatic rings. The molecule has 0 bridgehead atoms. The van der Waals surface area contributed by atoms with Crippen molar-refractivity contribution in [1.82, 2.24) is 19.7 Å². The maximum atomic E-state index is 5.00. The number of fused-ring (bicyclic) bond motifs is 1. The maximum Gasteiger partial charge on any atom is 0.155 e. The fourth-order valence-electron chi connectivity index (χ4n) is 1.83. The summed E-state index contributed by atoms with van der Waals surface area (Å²) in [6.45, 7) is 3.51. The predicted molar refractivity (Wildman–Crippen MR) is 66.0 cm³/mol. The number of aromatic nitrogens is 4. The van der Waals surface area contributed by atoms with Crippen LogP contribution in [0.15, 0.2) is 6.33 Å². The van der Waals surface area contributed by atoms with Gasteiger partial charge in [0.1, 0.15) is 17.4 Å². The number of nitrogens with one attached hydrogen (secondary N) is 1. The molecule has 0 spiro atoms. The Labute approximate surface area is 100 Å². The second kappa shape index (κ2) is 5.09. The first-order valence-electron chi connectivity index (χ1n) is 5.61. The lowest BCUT2D eigenvalue weighted by Gasteiger charge is -2.06. The average Bonchev–Trinajstić information content (AvgIpc) is 2.62. The van der Waals surface area contributed by atoms with Gasteiger partial charge in [0, 0.05) is 27.3 Å². The molecule has 0 amide bonds. The second-order valence-corrected chi connectivity index (χ2v) is 3.90. The number of rotatable bonds is 5. The molecule has 0 aliphatic heterocycles. The van der Waals surface area contributed by atoms with Crippen LogP contribution in [-0.2, 0) is 11.8 Å². The van der Waals surface area contributed by atoms with E-state index in [4.69, 9.17) is 4.74 Å². The van der Waals surface area contributed by atoms with Gasteiger partial charge < -0.3 is 10.1 Å². The quantitative estimate of drug-likeness (QED) is 0.787. The third-order valence-corrected chi connectivity index (χ3v) is 2.61. The predicted octanol–water partition coefficient (Wildman–Crippen LogP) is 1.12. The van der Waals surface area contributed by atoms with Crippen LogP contribution in [0.3, 0.4) is 0 Å². The highest BCUT2D eigenvalue weighted by Gasteiger charge is 2.11. The molecular weight excluding hydrogens is 218 g/mol. The van der Waals surface area contributed by atoms with Crippen molar-refractivity contribution < 1.29 is 4.74 Å². The Hall–Kier alpha value is -1.69. The fourth-order valence-corrected chi connectivity index (χ4v) is 1.83. The van der Waals surface area contributed by atoms with E-state index in [1.165, 1.54) is 0 Å². The van der Waals surface area contributed by atoms with Gasteiger partial charge in [-0.25, -0.2) is 9.97 Å². The van der Waals surface area contributed by atoms with E-state index in [1.54, 1.807) is 13.4 Å². The number of hydrogen-bond acceptors (Lipinski definition) is 5. The summed E-state index contributed by atoms with van der Waals surface area (Å²) in [7, 11) is 3.60. The molecule has 0 radical (unpaired) electrons. The molecule has 2 heterocycles. The molecule has 6 heteroatoms. The van der Waals surface area contributed by atoms with Gasteiger partial charge >= 0.3 is 0 Å². The largest absolute Gasteiger partial charge is 0.385 e. The van der Waals surface area contributed by atoms with E-state index in [9.17, 15) is 0 Å². The Bertz CT molecular complexity index is 508. The molecule has 92 valence electrons. The van der Waals surface area contributed by atoms with E-state index in [-0.39, 0.29) is 0 Å². The van der Waals surface area contributed by atoms with Gasteiger partial charge in [0.2, 0.25) is 0 Å². The number of anilines is 1. The number of hydrogen-bond donors (Lipinski definition) is 1. The first kappa shape index (κ1) is 11.8. The maximum absolute atomic E-state index is 5.00. The number of nitrogens with zero attached hydrogens (tertiary/aromatic N) is 4. The van der Waals surface area contributed by atoms with Gasteiger partial charge in [-0.1, -0.05) is 0 Å². The van der Waals surface area contributed by atoms with Crippen molar-refractivity contribution in [3.05, 3.63) is 12.0 Å². The Morgan fingerprint density at radius 3 is 3.00 bits per heavy atom. The molecule has 0 saturated heterocycles. The summed E-state index contributed by atoms with van der Waals surface area (Å²) in [6.07, 6.45) is 2.51. The van der Waals surface area contributed by atoms with Crippen molar-refractivity contribution in [2.75, 3.05) is 25.6 Å². The molecule has 0 saturated carbocycles. The van der Waals surface area contributed by atoms with Crippen molar-refractivity contribution in [2.45, 2.75) is 13.3 Å². The van der Waals surface area contributed by atoms with E-state index in [0.717, 1.165) is 42.1 Å². The van der Waals surface area contributed by atoms with Crippen LogP contribution >= 0.6 is 0 Å². The van der Waals surface area contributed by atoms with Gasteiger partial charge in [-0.05, 0) is 13.3 Å². The topological polar surface area (TPSA) is 64.9 Å². The van der Waals surface area contributed by atoms with Crippen molar-refractivity contribution in [3.8, 4) is 0 Å². The lowest BCUT2D eigenvalue weighted by Crippen LogP contribution is -2.07. The zero-order valence-corrected chi connectivity index (χ0v) is 10.4. The first-order valence-corrected chi connectivity index (χ1v) is 5.61. The smallest absolute Gasteiger partial charge is 0.155 e. The molecular formula is C11H17N5O. The van der Waals surface area contributed by atoms with Crippen LogP contribution in [0.2, 0.25) is 0 Å². The average molecular weight is 235 g/mol. The van der Waals surface area contributed by atoms with Crippen molar-refractivity contribution in [2.24, 2.45) is 7.05 Å². The van der Waals surface area contributed by atoms with Crippen molar-refractivity contribution in [1.29, 1.82) is 0 Å². The summed E-state index contributed by atoms with van der Waals surface area (Å²) in [5.74, 6) is 0.828. The fraction of sp³-hybridized carbons (Fsp3) is 0.545. The second-order valence-electron chi connectivity index (χ2n) is 3.90. The van der Waals surface area contributed by atoms with Crippen LogP contribution in [0.4, 0.5) is 5.82 Å². The summed E-state index contributed by atoms with van der Waals surface area (Å²) in [4.78, 5) is 8.50. The third kappa shape index (κ3) is 2.36. The summed E-state index contributed by atoms with van der Waals surface area (Å²) in [5, 5.41) is 7.63. The van der Waals surface area contributed by atoms with E-state index < -0.39 is 0 Å². The van der Waals surface area contributed by atoms with Crippen molar-refractivity contribution in [3.63, 3.8) is 0 Å². The monoisotopic (exact) mass is 235 g/mol. The summed E-state index contributed by atoms with van der Waals surface area (Å²) in [5.41, 5.74) is 2.77. The summed E-state index contributed by atoms with van der Waals surface area (Å²) >= 11 is 0. The van der Waals surface area contributed by atoms with Crippen LogP contribution in [0.25, 0.3) is 11.0 Å². The Morgan fingerprint density at radius 2 is 2.24 bits per heavy atom. The van der Waals surface area contributed by atoms with Gasteiger partial charge in [-0.15, -0.1) is 0 Å². The van der Waals surface area contributed by atoms with Crippen LogP contribution in [0.1, 0.15) is 12.1 Å². The standard InChI is InChI=1S/C11H17N5O/c1-8-9-10(16(2)15-8)11(14-7-13-9)12-5-4-6-17-3/h7H,4-6H2,1-3H3,(H,12,13,14). The highest BCUT2D eigenvalue weighted by molar-refractivity contribution is 5.87. The highest BCUT2D eigenvalue weighted by Crippen LogP contribution is 2.20. The lowest BCUT2D eigenvalue weighted by molar-refractivity contribution is 0.198. The van der Waals surface area contributed by atoms with E-state index in [0.29, 0.717) is 0 Å². The molecule has 6 nitrogen and oxygen atoms in total. The van der Waals surface area contributed by atoms with Crippen LogP contribution < -0.4 is 5.32 Å². The molecule has 0 aliphatic rings.